The Balaban J connectivity index is 4.17. The fraction of sp³-hybridized carbons (Fsp3) is 1.00. The van der Waals surface area contributed by atoms with Crippen LogP contribution in [0.4, 0.5) is 0 Å². The first-order chi connectivity index (χ1) is 6.69. The van der Waals surface area contributed by atoms with Crippen LogP contribution >= 0.6 is 0 Å². The molecule has 0 aromatic heterocycles. The topological polar surface area (TPSA) is 0 Å². The van der Waals surface area contributed by atoms with Crippen molar-refractivity contribution in [3.8, 4) is 0 Å². The Hall–Kier alpha value is 0. The molecule has 0 unspecified atom stereocenters. The highest BCUT2D eigenvalue weighted by Crippen LogP contribution is 2.42. The van der Waals surface area contributed by atoms with E-state index in [-0.39, 0.29) is 0 Å². The average molecular weight is 212 g/mol. The summed E-state index contributed by atoms with van der Waals surface area (Å²) in [6, 6.07) is 0. The van der Waals surface area contributed by atoms with Gasteiger partial charge in [0.05, 0.1) is 0 Å². The molecule has 0 heteroatoms. The summed E-state index contributed by atoms with van der Waals surface area (Å²) in [5.74, 6) is 0.835. The standard InChI is InChI=1S/C15H32/c1-8-9-10-11-12-13(14(2,3)4)15(5,6)7/h13H,8-12H2,1-7H3. The summed E-state index contributed by atoms with van der Waals surface area (Å²) in [6.45, 7) is 16.6. The first-order valence-corrected chi connectivity index (χ1v) is 6.69. The summed E-state index contributed by atoms with van der Waals surface area (Å²) in [5, 5.41) is 0. The number of hydrogen-bond acceptors (Lipinski definition) is 0. The summed E-state index contributed by atoms with van der Waals surface area (Å²) < 4.78 is 0. The van der Waals surface area contributed by atoms with Gasteiger partial charge < -0.3 is 0 Å². The van der Waals surface area contributed by atoms with Gasteiger partial charge in [0.1, 0.15) is 0 Å². The number of unbranched alkanes of at least 4 members (excludes halogenated alkanes) is 3. The minimum absolute atomic E-state index is 0.449. The smallest absolute Gasteiger partial charge is 0.0317 e. The number of hydrogen-bond donors (Lipinski definition) is 0. The van der Waals surface area contributed by atoms with Gasteiger partial charge in [-0.05, 0) is 23.2 Å². The first kappa shape index (κ1) is 15.0. The van der Waals surface area contributed by atoms with Gasteiger partial charge in [0.15, 0.2) is 0 Å². The van der Waals surface area contributed by atoms with Crippen LogP contribution in [0, 0.1) is 16.7 Å². The lowest BCUT2D eigenvalue weighted by Gasteiger charge is -2.41. The average Bonchev–Trinajstić information content (AvgIpc) is 1.99. The summed E-state index contributed by atoms with van der Waals surface area (Å²) >= 11 is 0. The maximum Gasteiger partial charge on any atom is -0.0317 e. The minimum atomic E-state index is 0.449. The zero-order chi connectivity index (χ0) is 12.1. The van der Waals surface area contributed by atoms with E-state index in [0.717, 1.165) is 5.92 Å². The van der Waals surface area contributed by atoms with Crippen LogP contribution < -0.4 is 0 Å². The van der Waals surface area contributed by atoms with E-state index in [1.165, 1.54) is 32.1 Å². The molecule has 0 radical (unpaired) electrons. The van der Waals surface area contributed by atoms with E-state index in [9.17, 15) is 0 Å². The lowest BCUT2D eigenvalue weighted by Crippen LogP contribution is -2.32. The van der Waals surface area contributed by atoms with Crippen molar-refractivity contribution in [3.63, 3.8) is 0 Å². The molecule has 0 amide bonds. The van der Waals surface area contributed by atoms with Crippen molar-refractivity contribution in [2.24, 2.45) is 16.7 Å². The highest BCUT2D eigenvalue weighted by Gasteiger charge is 2.33. The monoisotopic (exact) mass is 212 g/mol. The SMILES string of the molecule is CCCCCCC(C(C)(C)C)C(C)(C)C. The lowest BCUT2D eigenvalue weighted by atomic mass is 9.65. The molecule has 0 aliphatic rings. The van der Waals surface area contributed by atoms with E-state index in [2.05, 4.69) is 48.5 Å². The Kier molecular flexibility index (Phi) is 5.92. The van der Waals surface area contributed by atoms with E-state index in [0.29, 0.717) is 10.8 Å². The van der Waals surface area contributed by atoms with E-state index >= 15 is 0 Å². The molecular weight excluding hydrogens is 180 g/mol. The molecule has 0 aliphatic carbocycles. The lowest BCUT2D eigenvalue weighted by molar-refractivity contribution is 0.0899. The van der Waals surface area contributed by atoms with Crippen molar-refractivity contribution in [3.05, 3.63) is 0 Å². The van der Waals surface area contributed by atoms with Gasteiger partial charge in [0, 0.05) is 0 Å². The zero-order valence-electron chi connectivity index (χ0n) is 12.1. The second kappa shape index (κ2) is 5.92. The fourth-order valence-corrected chi connectivity index (χ4v) is 2.94. The van der Waals surface area contributed by atoms with Gasteiger partial charge in [0.2, 0.25) is 0 Å². The Bertz CT molecular complexity index is 140. The molecule has 0 nitrogen and oxygen atoms in total. The maximum absolute atomic E-state index is 2.39. The molecule has 0 atom stereocenters. The Morgan fingerprint density at radius 2 is 1.20 bits per heavy atom. The van der Waals surface area contributed by atoms with Gasteiger partial charge in [-0.1, -0.05) is 74.1 Å². The Labute approximate surface area is 97.8 Å². The quantitative estimate of drug-likeness (QED) is 0.515. The zero-order valence-corrected chi connectivity index (χ0v) is 12.1. The molecule has 0 aromatic rings. The predicted molar refractivity (Wildman–Crippen MR) is 71.2 cm³/mol. The van der Waals surface area contributed by atoms with E-state index in [1.54, 1.807) is 0 Å². The molecule has 0 saturated carbocycles. The van der Waals surface area contributed by atoms with Gasteiger partial charge in [-0.15, -0.1) is 0 Å². The fourth-order valence-electron chi connectivity index (χ4n) is 2.94. The second-order valence-electron chi connectivity index (χ2n) is 7.13. The first-order valence-electron chi connectivity index (χ1n) is 6.69. The van der Waals surface area contributed by atoms with Gasteiger partial charge in [-0.3, -0.25) is 0 Å². The van der Waals surface area contributed by atoms with Gasteiger partial charge >= 0.3 is 0 Å². The predicted octanol–water partition coefficient (Wildman–Crippen LogP) is 5.67. The third-order valence-corrected chi connectivity index (χ3v) is 3.44. The van der Waals surface area contributed by atoms with Crippen LogP contribution in [0.5, 0.6) is 0 Å². The van der Waals surface area contributed by atoms with Gasteiger partial charge in [-0.2, -0.15) is 0 Å². The molecule has 0 bridgehead atoms. The van der Waals surface area contributed by atoms with E-state index < -0.39 is 0 Å². The van der Waals surface area contributed by atoms with Crippen molar-refractivity contribution in [2.75, 3.05) is 0 Å². The van der Waals surface area contributed by atoms with Crippen molar-refractivity contribution >= 4 is 0 Å². The Morgan fingerprint density at radius 3 is 1.53 bits per heavy atom. The van der Waals surface area contributed by atoms with Crippen molar-refractivity contribution in [2.45, 2.75) is 80.6 Å². The second-order valence-corrected chi connectivity index (χ2v) is 7.13. The molecule has 0 rings (SSSR count). The van der Waals surface area contributed by atoms with Crippen LogP contribution in [0.25, 0.3) is 0 Å². The summed E-state index contributed by atoms with van der Waals surface area (Å²) in [4.78, 5) is 0. The molecular formula is C15H32. The summed E-state index contributed by atoms with van der Waals surface area (Å²) in [7, 11) is 0. The van der Waals surface area contributed by atoms with Crippen LogP contribution in [0.2, 0.25) is 0 Å². The third kappa shape index (κ3) is 6.22. The molecule has 0 aliphatic heterocycles. The van der Waals surface area contributed by atoms with E-state index in [1.807, 2.05) is 0 Å². The largest absolute Gasteiger partial charge is 0.0654 e. The molecule has 15 heavy (non-hydrogen) atoms. The molecule has 0 heterocycles. The highest BCUT2D eigenvalue weighted by atomic mass is 14.4. The maximum atomic E-state index is 2.39. The normalized spacial score (nSPS) is 13.6. The summed E-state index contributed by atoms with van der Waals surface area (Å²) in [6.07, 6.45) is 6.97. The highest BCUT2D eigenvalue weighted by molar-refractivity contribution is 4.83. The molecule has 0 N–H and O–H groups in total. The van der Waals surface area contributed by atoms with Gasteiger partial charge in [-0.25, -0.2) is 0 Å². The van der Waals surface area contributed by atoms with Crippen LogP contribution in [-0.4, -0.2) is 0 Å². The molecule has 0 saturated heterocycles. The molecule has 0 aromatic carbocycles. The van der Waals surface area contributed by atoms with Crippen LogP contribution in [0.15, 0.2) is 0 Å². The van der Waals surface area contributed by atoms with Crippen LogP contribution in [0.1, 0.15) is 80.6 Å². The third-order valence-electron chi connectivity index (χ3n) is 3.44. The van der Waals surface area contributed by atoms with Gasteiger partial charge in [0.25, 0.3) is 0 Å². The molecule has 92 valence electrons. The van der Waals surface area contributed by atoms with Crippen LogP contribution in [-0.2, 0) is 0 Å². The molecule has 0 fully saturated rings. The Morgan fingerprint density at radius 1 is 0.733 bits per heavy atom. The van der Waals surface area contributed by atoms with E-state index in [4.69, 9.17) is 0 Å². The summed E-state index contributed by atoms with van der Waals surface area (Å²) in [5.41, 5.74) is 0.898. The molecule has 0 spiro atoms. The van der Waals surface area contributed by atoms with Crippen molar-refractivity contribution in [1.82, 2.24) is 0 Å². The van der Waals surface area contributed by atoms with Crippen LogP contribution in [0.3, 0.4) is 0 Å². The van der Waals surface area contributed by atoms with Crippen molar-refractivity contribution in [1.29, 1.82) is 0 Å². The number of rotatable bonds is 5. The minimum Gasteiger partial charge on any atom is -0.0654 e. The van der Waals surface area contributed by atoms with Crippen molar-refractivity contribution < 1.29 is 0 Å².